The van der Waals surface area contributed by atoms with Gasteiger partial charge in [-0.15, -0.1) is 0 Å². The van der Waals surface area contributed by atoms with Crippen molar-refractivity contribution in [3.05, 3.63) is 71.5 Å². The fraction of sp³-hybridized carbons (Fsp3) is 0. The Morgan fingerprint density at radius 3 is 2.29 bits per heavy atom. The van der Waals surface area contributed by atoms with Crippen molar-refractivity contribution in [2.24, 2.45) is 0 Å². The van der Waals surface area contributed by atoms with Gasteiger partial charge in [0, 0.05) is 5.56 Å². The van der Waals surface area contributed by atoms with Gasteiger partial charge in [0.25, 0.3) is 0 Å². The third-order valence-corrected chi connectivity index (χ3v) is 2.41. The average molecular weight is 223 g/mol. The van der Waals surface area contributed by atoms with E-state index in [1.807, 2.05) is 30.3 Å². The predicted molar refractivity (Wildman–Crippen MR) is 66.3 cm³/mol. The molecule has 0 bridgehead atoms. The summed E-state index contributed by atoms with van der Waals surface area (Å²) in [6.45, 7) is 0. The highest BCUT2D eigenvalue weighted by Gasteiger charge is 2.02. The molecule has 2 aromatic rings. The van der Waals surface area contributed by atoms with Crippen LogP contribution in [-0.2, 0) is 0 Å². The van der Waals surface area contributed by atoms with Crippen LogP contribution >= 0.6 is 0 Å². The minimum Gasteiger partial charge on any atom is -0.206 e. The van der Waals surface area contributed by atoms with Gasteiger partial charge >= 0.3 is 0 Å². The number of nitriles is 1. The Kier molecular flexibility index (Phi) is 3.32. The summed E-state index contributed by atoms with van der Waals surface area (Å²) in [5, 5.41) is 9.09. The maximum Gasteiger partial charge on any atom is 0.130 e. The Labute approximate surface area is 99.5 Å². The highest BCUT2D eigenvalue weighted by atomic mass is 19.1. The molecule has 2 heteroatoms. The highest BCUT2D eigenvalue weighted by molar-refractivity contribution is 5.89. The molecule has 0 aliphatic carbocycles. The van der Waals surface area contributed by atoms with Crippen molar-refractivity contribution < 1.29 is 4.39 Å². The number of nitrogens with zero attached hydrogens (tertiary/aromatic N) is 1. The van der Waals surface area contributed by atoms with E-state index in [0.717, 1.165) is 5.56 Å². The third-order valence-electron chi connectivity index (χ3n) is 2.41. The minimum atomic E-state index is -0.323. The molecule has 0 aliphatic rings. The van der Waals surface area contributed by atoms with E-state index in [1.54, 1.807) is 24.3 Å². The summed E-state index contributed by atoms with van der Waals surface area (Å²) in [6, 6.07) is 17.7. The van der Waals surface area contributed by atoms with Crippen LogP contribution in [0.25, 0.3) is 11.6 Å². The second-order valence-electron chi connectivity index (χ2n) is 3.56. The van der Waals surface area contributed by atoms with Crippen LogP contribution in [0.1, 0.15) is 11.1 Å². The van der Waals surface area contributed by atoms with Gasteiger partial charge in [0.1, 0.15) is 5.82 Å². The molecule has 0 saturated carbocycles. The quantitative estimate of drug-likeness (QED) is 0.559. The number of benzene rings is 2. The number of halogens is 1. The number of allylic oxidation sites excluding steroid dienone is 1. The van der Waals surface area contributed by atoms with Crippen LogP contribution in [0.4, 0.5) is 4.39 Å². The summed E-state index contributed by atoms with van der Waals surface area (Å²) in [7, 11) is 0. The zero-order chi connectivity index (χ0) is 12.1. The van der Waals surface area contributed by atoms with Crippen LogP contribution in [0, 0.1) is 17.1 Å². The Hall–Kier alpha value is -2.40. The van der Waals surface area contributed by atoms with Crippen LogP contribution in [0.15, 0.2) is 54.6 Å². The number of hydrogen-bond acceptors (Lipinski definition) is 1. The first-order valence-electron chi connectivity index (χ1n) is 5.23. The molecular formula is C15H10FN. The smallest absolute Gasteiger partial charge is 0.130 e. The van der Waals surface area contributed by atoms with E-state index >= 15 is 0 Å². The monoisotopic (exact) mass is 223 g/mol. The molecule has 0 fully saturated rings. The molecule has 0 aromatic heterocycles. The van der Waals surface area contributed by atoms with E-state index in [1.165, 1.54) is 6.07 Å². The SMILES string of the molecule is N#C/C(=C\c1ccccc1F)c1ccccc1. The van der Waals surface area contributed by atoms with Gasteiger partial charge in [0.2, 0.25) is 0 Å². The van der Waals surface area contributed by atoms with E-state index in [2.05, 4.69) is 6.07 Å². The van der Waals surface area contributed by atoms with E-state index in [0.29, 0.717) is 11.1 Å². The second kappa shape index (κ2) is 5.09. The molecule has 0 aliphatic heterocycles. The summed E-state index contributed by atoms with van der Waals surface area (Å²) in [5.41, 5.74) is 1.67. The number of rotatable bonds is 2. The van der Waals surface area contributed by atoms with Crippen molar-refractivity contribution >= 4 is 11.6 Å². The molecule has 0 heterocycles. The first-order valence-corrected chi connectivity index (χ1v) is 5.23. The zero-order valence-electron chi connectivity index (χ0n) is 9.10. The lowest BCUT2D eigenvalue weighted by Crippen LogP contribution is -1.84. The molecule has 2 aromatic carbocycles. The Bertz CT molecular complexity index is 579. The van der Waals surface area contributed by atoms with Gasteiger partial charge in [-0.3, -0.25) is 0 Å². The Morgan fingerprint density at radius 2 is 1.65 bits per heavy atom. The molecule has 17 heavy (non-hydrogen) atoms. The molecule has 0 radical (unpaired) electrons. The molecule has 1 nitrogen and oxygen atoms in total. The average Bonchev–Trinajstić information content (AvgIpc) is 2.39. The van der Waals surface area contributed by atoms with Crippen LogP contribution in [0.3, 0.4) is 0 Å². The summed E-state index contributed by atoms with van der Waals surface area (Å²) < 4.78 is 13.4. The standard InChI is InChI=1S/C15H10FN/c16-15-9-5-4-8-13(15)10-14(11-17)12-6-2-1-3-7-12/h1-10H/b14-10+. The highest BCUT2D eigenvalue weighted by Crippen LogP contribution is 2.18. The van der Waals surface area contributed by atoms with Crippen molar-refractivity contribution in [2.45, 2.75) is 0 Å². The molecule has 82 valence electrons. The maximum absolute atomic E-state index is 13.4. The lowest BCUT2D eigenvalue weighted by molar-refractivity contribution is 0.625. The largest absolute Gasteiger partial charge is 0.206 e. The summed E-state index contributed by atoms with van der Waals surface area (Å²) in [6.07, 6.45) is 1.56. The molecule has 0 N–H and O–H groups in total. The molecule has 0 saturated heterocycles. The van der Waals surface area contributed by atoms with E-state index in [-0.39, 0.29) is 5.82 Å². The first kappa shape index (κ1) is 11.1. The Balaban J connectivity index is 2.45. The topological polar surface area (TPSA) is 23.8 Å². The molecule has 0 amide bonds. The predicted octanol–water partition coefficient (Wildman–Crippen LogP) is 3.89. The van der Waals surface area contributed by atoms with Gasteiger partial charge in [0.05, 0.1) is 11.6 Å². The van der Waals surface area contributed by atoms with Gasteiger partial charge in [-0.25, -0.2) is 4.39 Å². The zero-order valence-corrected chi connectivity index (χ0v) is 9.10. The van der Waals surface area contributed by atoms with Crippen molar-refractivity contribution in [3.63, 3.8) is 0 Å². The molecule has 0 unspecified atom stereocenters. The van der Waals surface area contributed by atoms with Crippen LogP contribution in [0.2, 0.25) is 0 Å². The van der Waals surface area contributed by atoms with Gasteiger partial charge < -0.3 is 0 Å². The fourth-order valence-electron chi connectivity index (χ4n) is 1.55. The third kappa shape index (κ3) is 2.59. The lowest BCUT2D eigenvalue weighted by Gasteiger charge is -2.00. The summed E-state index contributed by atoms with van der Waals surface area (Å²) in [4.78, 5) is 0. The van der Waals surface area contributed by atoms with Crippen molar-refractivity contribution in [1.29, 1.82) is 5.26 Å². The summed E-state index contributed by atoms with van der Waals surface area (Å²) in [5.74, 6) is -0.323. The second-order valence-corrected chi connectivity index (χ2v) is 3.56. The van der Waals surface area contributed by atoms with Crippen LogP contribution in [-0.4, -0.2) is 0 Å². The molecule has 0 atom stereocenters. The normalized spacial score (nSPS) is 10.9. The van der Waals surface area contributed by atoms with Gasteiger partial charge in [-0.1, -0.05) is 48.5 Å². The van der Waals surface area contributed by atoms with Crippen molar-refractivity contribution in [3.8, 4) is 6.07 Å². The molecule has 0 spiro atoms. The first-order chi connectivity index (χ1) is 8.31. The van der Waals surface area contributed by atoms with Crippen LogP contribution in [0.5, 0.6) is 0 Å². The van der Waals surface area contributed by atoms with Crippen LogP contribution < -0.4 is 0 Å². The minimum absolute atomic E-state index is 0.323. The van der Waals surface area contributed by atoms with Crippen molar-refractivity contribution in [2.75, 3.05) is 0 Å². The maximum atomic E-state index is 13.4. The fourth-order valence-corrected chi connectivity index (χ4v) is 1.55. The Morgan fingerprint density at radius 1 is 1.00 bits per heavy atom. The van der Waals surface area contributed by atoms with Crippen molar-refractivity contribution in [1.82, 2.24) is 0 Å². The molecular weight excluding hydrogens is 213 g/mol. The lowest BCUT2D eigenvalue weighted by atomic mass is 10.0. The van der Waals surface area contributed by atoms with Gasteiger partial charge in [0.15, 0.2) is 0 Å². The van der Waals surface area contributed by atoms with E-state index < -0.39 is 0 Å². The summed E-state index contributed by atoms with van der Waals surface area (Å²) >= 11 is 0. The molecule has 2 rings (SSSR count). The van der Waals surface area contributed by atoms with E-state index in [9.17, 15) is 4.39 Å². The van der Waals surface area contributed by atoms with Gasteiger partial charge in [-0.2, -0.15) is 5.26 Å². The van der Waals surface area contributed by atoms with Gasteiger partial charge in [-0.05, 0) is 17.7 Å². The van der Waals surface area contributed by atoms with E-state index in [4.69, 9.17) is 5.26 Å². The number of hydrogen-bond donors (Lipinski definition) is 0.